The smallest absolute Gasteiger partial charge is 0.0672 e. The van der Waals surface area contributed by atoms with Gasteiger partial charge in [0.15, 0.2) is 0 Å². The van der Waals surface area contributed by atoms with Gasteiger partial charge < -0.3 is 10.4 Å². The summed E-state index contributed by atoms with van der Waals surface area (Å²) < 4.78 is 0. The highest BCUT2D eigenvalue weighted by atomic mass is 16.3. The normalized spacial score (nSPS) is 21.1. The molecule has 2 aliphatic rings. The first-order chi connectivity index (χ1) is 10.8. The summed E-state index contributed by atoms with van der Waals surface area (Å²) in [6.07, 6.45) is 13.0. The molecule has 1 heterocycles. The molecule has 2 N–H and O–H groups in total. The maximum absolute atomic E-state index is 10.5. The molecular weight excluding hydrogens is 270 g/mol. The Morgan fingerprint density at radius 1 is 0.955 bits per heavy atom. The van der Waals surface area contributed by atoms with Crippen LogP contribution in [0.2, 0.25) is 0 Å². The average Bonchev–Trinajstić information content (AvgIpc) is 2.77. The predicted molar refractivity (Wildman–Crippen MR) is 92.3 cm³/mol. The van der Waals surface area contributed by atoms with Crippen molar-refractivity contribution in [1.29, 1.82) is 0 Å². The van der Waals surface area contributed by atoms with Crippen molar-refractivity contribution >= 4 is 0 Å². The van der Waals surface area contributed by atoms with Crippen LogP contribution in [0.25, 0.3) is 0 Å². The summed E-state index contributed by atoms with van der Waals surface area (Å²) in [5.41, 5.74) is 4.30. The molecule has 1 aliphatic carbocycles. The zero-order valence-corrected chi connectivity index (χ0v) is 13.9. The van der Waals surface area contributed by atoms with Gasteiger partial charge in [-0.05, 0) is 87.6 Å². The van der Waals surface area contributed by atoms with Gasteiger partial charge in [-0.15, -0.1) is 0 Å². The first-order valence-electron chi connectivity index (χ1n) is 9.29. The Labute approximate surface area is 135 Å². The Balaban J connectivity index is 1.46. The maximum atomic E-state index is 10.5. The molecule has 0 bridgehead atoms. The van der Waals surface area contributed by atoms with Gasteiger partial charge in [-0.3, -0.25) is 0 Å². The van der Waals surface area contributed by atoms with Crippen molar-refractivity contribution < 1.29 is 5.11 Å². The van der Waals surface area contributed by atoms with Crippen molar-refractivity contribution in [3.05, 3.63) is 34.9 Å². The van der Waals surface area contributed by atoms with E-state index in [4.69, 9.17) is 0 Å². The van der Waals surface area contributed by atoms with E-state index in [1.165, 1.54) is 50.5 Å². The first kappa shape index (κ1) is 16.0. The van der Waals surface area contributed by atoms with Crippen molar-refractivity contribution in [2.24, 2.45) is 0 Å². The summed E-state index contributed by atoms with van der Waals surface area (Å²) in [7, 11) is 0. The monoisotopic (exact) mass is 301 g/mol. The van der Waals surface area contributed by atoms with E-state index in [9.17, 15) is 5.11 Å². The fourth-order valence-corrected chi connectivity index (χ4v) is 4.04. The van der Waals surface area contributed by atoms with Gasteiger partial charge in [0.25, 0.3) is 0 Å². The minimum absolute atomic E-state index is 0.390. The minimum Gasteiger partial charge on any atom is -0.390 e. The Hall–Kier alpha value is -0.860. The standard InChI is InChI=1S/C20H31NO/c22-20(12-14-21-15-13-20)11-5-4-6-17-9-10-18-7-2-1-3-8-19(18)16-17/h9-10,16,21-22H,1-8,11-15H2. The van der Waals surface area contributed by atoms with Crippen molar-refractivity contribution in [3.63, 3.8) is 0 Å². The predicted octanol–water partition coefficient (Wildman–Crippen LogP) is 3.78. The van der Waals surface area contributed by atoms with Crippen LogP contribution in [0.15, 0.2) is 18.2 Å². The fourth-order valence-electron chi connectivity index (χ4n) is 4.04. The van der Waals surface area contributed by atoms with Crippen LogP contribution in [0, 0.1) is 0 Å². The highest BCUT2D eigenvalue weighted by Crippen LogP contribution is 2.26. The molecule has 0 unspecified atom stereocenters. The van der Waals surface area contributed by atoms with Gasteiger partial charge in [-0.25, -0.2) is 0 Å². The number of rotatable bonds is 5. The third-order valence-corrected chi connectivity index (χ3v) is 5.55. The van der Waals surface area contributed by atoms with Gasteiger partial charge in [0, 0.05) is 0 Å². The molecule has 0 spiro atoms. The second kappa shape index (κ2) is 7.61. The summed E-state index contributed by atoms with van der Waals surface area (Å²) >= 11 is 0. The quantitative estimate of drug-likeness (QED) is 0.641. The number of aryl methyl sites for hydroxylation is 3. The molecule has 1 aliphatic heterocycles. The number of hydrogen-bond acceptors (Lipinski definition) is 2. The SMILES string of the molecule is OC1(CCCCc2ccc3c(c2)CCCCC3)CCNCC1. The van der Waals surface area contributed by atoms with Crippen LogP contribution < -0.4 is 5.32 Å². The van der Waals surface area contributed by atoms with Crippen LogP contribution in [0.3, 0.4) is 0 Å². The van der Waals surface area contributed by atoms with E-state index in [-0.39, 0.29) is 5.60 Å². The molecule has 0 amide bonds. The first-order valence-corrected chi connectivity index (χ1v) is 9.29. The van der Waals surface area contributed by atoms with Crippen LogP contribution in [-0.4, -0.2) is 23.8 Å². The lowest BCUT2D eigenvalue weighted by atomic mass is 9.87. The second-order valence-corrected chi connectivity index (χ2v) is 7.35. The molecule has 22 heavy (non-hydrogen) atoms. The van der Waals surface area contributed by atoms with Gasteiger partial charge in [0.1, 0.15) is 0 Å². The van der Waals surface area contributed by atoms with Gasteiger partial charge in [-0.2, -0.15) is 0 Å². The molecule has 0 saturated carbocycles. The molecule has 2 heteroatoms. The van der Waals surface area contributed by atoms with Crippen molar-refractivity contribution in [2.75, 3.05) is 13.1 Å². The van der Waals surface area contributed by atoms with Crippen LogP contribution >= 0.6 is 0 Å². The summed E-state index contributed by atoms with van der Waals surface area (Å²) in [6.45, 7) is 1.95. The Kier molecular flexibility index (Phi) is 5.54. The van der Waals surface area contributed by atoms with Crippen molar-refractivity contribution in [1.82, 2.24) is 5.32 Å². The van der Waals surface area contributed by atoms with E-state index in [1.807, 2.05) is 0 Å². The van der Waals surface area contributed by atoms with Crippen LogP contribution in [0.5, 0.6) is 0 Å². The van der Waals surface area contributed by atoms with Gasteiger partial charge in [0.2, 0.25) is 0 Å². The number of unbranched alkanes of at least 4 members (excludes halogenated alkanes) is 1. The largest absolute Gasteiger partial charge is 0.390 e. The summed E-state index contributed by atoms with van der Waals surface area (Å²) in [6, 6.07) is 7.17. The lowest BCUT2D eigenvalue weighted by Gasteiger charge is -2.32. The molecule has 3 rings (SSSR count). The lowest BCUT2D eigenvalue weighted by molar-refractivity contribution is 0.000437. The van der Waals surface area contributed by atoms with Gasteiger partial charge in [0.05, 0.1) is 5.60 Å². The third kappa shape index (κ3) is 4.33. The van der Waals surface area contributed by atoms with E-state index >= 15 is 0 Å². The molecule has 0 radical (unpaired) electrons. The average molecular weight is 301 g/mol. The second-order valence-electron chi connectivity index (χ2n) is 7.35. The van der Waals surface area contributed by atoms with Crippen molar-refractivity contribution in [2.45, 2.75) is 76.2 Å². The van der Waals surface area contributed by atoms with E-state index in [1.54, 1.807) is 11.1 Å². The fraction of sp³-hybridized carbons (Fsp3) is 0.700. The summed E-state index contributed by atoms with van der Waals surface area (Å²) in [5, 5.41) is 13.8. The number of aliphatic hydroxyl groups is 1. The van der Waals surface area contributed by atoms with E-state index < -0.39 is 0 Å². The third-order valence-electron chi connectivity index (χ3n) is 5.55. The summed E-state index contributed by atoms with van der Waals surface area (Å²) in [5.74, 6) is 0. The molecule has 2 nitrogen and oxygen atoms in total. The van der Waals surface area contributed by atoms with Crippen LogP contribution in [-0.2, 0) is 19.3 Å². The number of nitrogens with one attached hydrogen (secondary N) is 1. The Bertz CT molecular complexity index is 477. The topological polar surface area (TPSA) is 32.3 Å². The molecule has 1 aromatic carbocycles. The molecule has 1 aromatic rings. The van der Waals surface area contributed by atoms with Gasteiger partial charge >= 0.3 is 0 Å². The highest BCUT2D eigenvalue weighted by molar-refractivity contribution is 5.33. The molecule has 0 atom stereocenters. The molecular formula is C20H31NO. The van der Waals surface area contributed by atoms with E-state index in [2.05, 4.69) is 23.5 Å². The van der Waals surface area contributed by atoms with Crippen LogP contribution in [0.4, 0.5) is 0 Å². The Morgan fingerprint density at radius 2 is 1.73 bits per heavy atom. The molecule has 0 aromatic heterocycles. The number of hydrogen-bond donors (Lipinski definition) is 2. The maximum Gasteiger partial charge on any atom is 0.0672 e. The Morgan fingerprint density at radius 3 is 2.55 bits per heavy atom. The zero-order chi connectivity index (χ0) is 15.3. The van der Waals surface area contributed by atoms with E-state index in [0.717, 1.165) is 38.8 Å². The van der Waals surface area contributed by atoms with Crippen LogP contribution in [0.1, 0.15) is 68.1 Å². The number of fused-ring (bicyclic) bond motifs is 1. The minimum atomic E-state index is -0.390. The lowest BCUT2D eigenvalue weighted by Crippen LogP contribution is -2.41. The van der Waals surface area contributed by atoms with Crippen molar-refractivity contribution in [3.8, 4) is 0 Å². The summed E-state index contributed by atoms with van der Waals surface area (Å²) in [4.78, 5) is 0. The molecule has 1 fully saturated rings. The zero-order valence-electron chi connectivity index (χ0n) is 13.9. The van der Waals surface area contributed by atoms with Gasteiger partial charge in [-0.1, -0.05) is 31.0 Å². The highest BCUT2D eigenvalue weighted by Gasteiger charge is 2.27. The van der Waals surface area contributed by atoms with E-state index in [0.29, 0.717) is 0 Å². The molecule has 1 saturated heterocycles. The number of piperidine rings is 1. The number of benzene rings is 1. The molecule has 122 valence electrons.